The molecule has 0 N–H and O–H groups in total. The standard InChI is InChI=1S/C14H15Br2ClN2O/c1-3-11-14(17)12(19(2)18-11)8-20-13-5-4-9(7-15)6-10(13)16/h4-6H,3,7-8H2,1-2H3. The largest absolute Gasteiger partial charge is 0.486 e. The van der Waals surface area contributed by atoms with Gasteiger partial charge in [0.05, 0.1) is 20.9 Å². The van der Waals surface area contributed by atoms with Gasteiger partial charge in [0.25, 0.3) is 0 Å². The average molecular weight is 423 g/mol. The smallest absolute Gasteiger partial charge is 0.134 e. The Balaban J connectivity index is 2.15. The molecule has 0 saturated heterocycles. The number of alkyl halides is 1. The van der Waals surface area contributed by atoms with Crippen molar-refractivity contribution >= 4 is 43.5 Å². The number of hydrogen-bond donors (Lipinski definition) is 0. The second kappa shape index (κ2) is 6.96. The highest BCUT2D eigenvalue weighted by Crippen LogP contribution is 2.29. The molecule has 0 fully saturated rings. The summed E-state index contributed by atoms with van der Waals surface area (Å²) in [5.41, 5.74) is 2.98. The Hall–Kier alpha value is -0.520. The topological polar surface area (TPSA) is 27.1 Å². The van der Waals surface area contributed by atoms with Gasteiger partial charge >= 0.3 is 0 Å². The lowest BCUT2D eigenvalue weighted by Gasteiger charge is -2.09. The SMILES string of the molecule is CCc1nn(C)c(COc2ccc(CBr)cc2Br)c1Cl. The number of aromatic nitrogens is 2. The van der Waals surface area contributed by atoms with E-state index in [-0.39, 0.29) is 0 Å². The molecule has 0 saturated carbocycles. The predicted molar refractivity (Wildman–Crippen MR) is 88.7 cm³/mol. The van der Waals surface area contributed by atoms with Crippen LogP contribution in [0.1, 0.15) is 23.9 Å². The van der Waals surface area contributed by atoms with E-state index in [2.05, 4.69) is 37.0 Å². The summed E-state index contributed by atoms with van der Waals surface area (Å²) in [6.45, 7) is 2.43. The van der Waals surface area contributed by atoms with E-state index in [1.807, 2.05) is 32.2 Å². The Bertz CT molecular complexity index is 613. The van der Waals surface area contributed by atoms with Crippen LogP contribution in [-0.4, -0.2) is 9.78 Å². The van der Waals surface area contributed by atoms with Crippen molar-refractivity contribution in [3.8, 4) is 5.75 Å². The highest BCUT2D eigenvalue weighted by atomic mass is 79.9. The molecular formula is C14H15Br2ClN2O. The number of ether oxygens (including phenoxy) is 1. The van der Waals surface area contributed by atoms with Crippen molar-refractivity contribution in [2.24, 2.45) is 7.05 Å². The van der Waals surface area contributed by atoms with E-state index in [9.17, 15) is 0 Å². The van der Waals surface area contributed by atoms with Crippen LogP contribution in [0.25, 0.3) is 0 Å². The molecular weight excluding hydrogens is 407 g/mol. The maximum Gasteiger partial charge on any atom is 0.134 e. The minimum atomic E-state index is 0.397. The third kappa shape index (κ3) is 3.38. The van der Waals surface area contributed by atoms with Gasteiger partial charge in [-0.15, -0.1) is 0 Å². The molecule has 20 heavy (non-hydrogen) atoms. The first kappa shape index (κ1) is 15.9. The van der Waals surface area contributed by atoms with Gasteiger partial charge in [0.2, 0.25) is 0 Å². The molecule has 1 aromatic carbocycles. The van der Waals surface area contributed by atoms with E-state index in [0.29, 0.717) is 11.6 Å². The van der Waals surface area contributed by atoms with Gasteiger partial charge in [-0.05, 0) is 40.0 Å². The molecule has 108 valence electrons. The lowest BCUT2D eigenvalue weighted by molar-refractivity contribution is 0.293. The molecule has 0 aliphatic rings. The molecule has 3 nitrogen and oxygen atoms in total. The van der Waals surface area contributed by atoms with Crippen molar-refractivity contribution in [3.05, 3.63) is 44.6 Å². The van der Waals surface area contributed by atoms with Crippen LogP contribution in [0.2, 0.25) is 5.02 Å². The summed E-state index contributed by atoms with van der Waals surface area (Å²) in [4.78, 5) is 0. The fourth-order valence-electron chi connectivity index (χ4n) is 1.87. The quantitative estimate of drug-likeness (QED) is 0.643. The van der Waals surface area contributed by atoms with Crippen LogP contribution in [0, 0.1) is 0 Å². The number of hydrogen-bond acceptors (Lipinski definition) is 2. The van der Waals surface area contributed by atoms with Crippen LogP contribution in [-0.2, 0) is 25.4 Å². The molecule has 1 aromatic heterocycles. The van der Waals surface area contributed by atoms with Crippen molar-refractivity contribution in [1.82, 2.24) is 9.78 Å². The van der Waals surface area contributed by atoms with Crippen molar-refractivity contribution in [2.75, 3.05) is 0 Å². The summed E-state index contributed by atoms with van der Waals surface area (Å²) in [5.74, 6) is 0.796. The fourth-order valence-corrected chi connectivity index (χ4v) is 3.10. The van der Waals surface area contributed by atoms with Crippen molar-refractivity contribution in [2.45, 2.75) is 25.3 Å². The lowest BCUT2D eigenvalue weighted by atomic mass is 10.2. The zero-order valence-corrected chi connectivity index (χ0v) is 15.2. The number of rotatable bonds is 5. The van der Waals surface area contributed by atoms with E-state index >= 15 is 0 Å². The molecule has 0 spiro atoms. The fraction of sp³-hybridized carbons (Fsp3) is 0.357. The van der Waals surface area contributed by atoms with Gasteiger partial charge in [-0.25, -0.2) is 0 Å². The second-order valence-electron chi connectivity index (χ2n) is 4.37. The minimum absolute atomic E-state index is 0.397. The van der Waals surface area contributed by atoms with E-state index in [4.69, 9.17) is 16.3 Å². The maximum absolute atomic E-state index is 6.30. The molecule has 0 unspecified atom stereocenters. The zero-order valence-electron chi connectivity index (χ0n) is 11.3. The second-order valence-corrected chi connectivity index (χ2v) is 6.16. The Labute approximate surface area is 140 Å². The Morgan fingerprint density at radius 3 is 2.70 bits per heavy atom. The summed E-state index contributed by atoms with van der Waals surface area (Å²) in [5, 5.41) is 5.89. The molecule has 2 rings (SSSR count). The highest BCUT2D eigenvalue weighted by molar-refractivity contribution is 9.10. The number of halogens is 3. The third-order valence-electron chi connectivity index (χ3n) is 3.02. The summed E-state index contributed by atoms with van der Waals surface area (Å²) in [6.07, 6.45) is 0.816. The molecule has 2 aromatic rings. The molecule has 6 heteroatoms. The minimum Gasteiger partial charge on any atom is -0.486 e. The Morgan fingerprint density at radius 2 is 2.15 bits per heavy atom. The summed E-state index contributed by atoms with van der Waals surface area (Å²) in [6, 6.07) is 6.01. The predicted octanol–water partition coefficient (Wildman–Crippen LogP) is 4.87. The molecule has 0 radical (unpaired) electrons. The van der Waals surface area contributed by atoms with Gasteiger partial charge in [0.1, 0.15) is 12.4 Å². The van der Waals surface area contributed by atoms with Crippen molar-refractivity contribution < 1.29 is 4.74 Å². The summed E-state index contributed by atoms with van der Waals surface area (Å²) >= 11 is 13.2. The third-order valence-corrected chi connectivity index (χ3v) is 4.72. The van der Waals surface area contributed by atoms with E-state index < -0.39 is 0 Å². The van der Waals surface area contributed by atoms with Crippen LogP contribution in [0.4, 0.5) is 0 Å². The van der Waals surface area contributed by atoms with E-state index in [1.54, 1.807) is 4.68 Å². The molecule has 0 atom stereocenters. The van der Waals surface area contributed by atoms with E-state index in [0.717, 1.165) is 33.4 Å². The molecule has 0 aliphatic carbocycles. The van der Waals surface area contributed by atoms with Crippen LogP contribution in [0.15, 0.2) is 22.7 Å². The van der Waals surface area contributed by atoms with Gasteiger partial charge in [-0.2, -0.15) is 5.10 Å². The zero-order chi connectivity index (χ0) is 14.7. The molecule has 0 aliphatic heterocycles. The van der Waals surface area contributed by atoms with Crippen LogP contribution in [0.5, 0.6) is 5.75 Å². The lowest BCUT2D eigenvalue weighted by Crippen LogP contribution is -2.04. The van der Waals surface area contributed by atoms with Crippen LogP contribution >= 0.6 is 43.5 Å². The first-order chi connectivity index (χ1) is 9.56. The first-order valence-electron chi connectivity index (χ1n) is 6.24. The van der Waals surface area contributed by atoms with Gasteiger partial charge in [-0.1, -0.05) is 40.5 Å². The molecule has 0 amide bonds. The van der Waals surface area contributed by atoms with Gasteiger partial charge in [0.15, 0.2) is 0 Å². The number of aryl methyl sites for hydroxylation is 2. The number of benzene rings is 1. The Kier molecular flexibility index (Phi) is 5.52. The van der Waals surface area contributed by atoms with E-state index in [1.165, 1.54) is 5.56 Å². The van der Waals surface area contributed by atoms with Crippen molar-refractivity contribution in [3.63, 3.8) is 0 Å². The maximum atomic E-state index is 6.30. The average Bonchev–Trinajstić information content (AvgIpc) is 2.72. The van der Waals surface area contributed by atoms with Gasteiger partial charge in [0, 0.05) is 12.4 Å². The van der Waals surface area contributed by atoms with Gasteiger partial charge in [-0.3, -0.25) is 4.68 Å². The first-order valence-corrected chi connectivity index (χ1v) is 8.53. The number of nitrogens with zero attached hydrogens (tertiary/aromatic N) is 2. The van der Waals surface area contributed by atoms with Crippen LogP contribution < -0.4 is 4.74 Å². The van der Waals surface area contributed by atoms with Crippen molar-refractivity contribution in [1.29, 1.82) is 0 Å². The summed E-state index contributed by atoms with van der Waals surface area (Å²) in [7, 11) is 1.88. The Morgan fingerprint density at radius 1 is 1.40 bits per heavy atom. The van der Waals surface area contributed by atoms with Crippen LogP contribution in [0.3, 0.4) is 0 Å². The summed E-state index contributed by atoms with van der Waals surface area (Å²) < 4.78 is 8.55. The molecule has 0 bridgehead atoms. The molecule has 1 heterocycles. The highest BCUT2D eigenvalue weighted by Gasteiger charge is 2.14. The van der Waals surface area contributed by atoms with Gasteiger partial charge < -0.3 is 4.74 Å². The normalized spacial score (nSPS) is 10.8. The monoisotopic (exact) mass is 420 g/mol.